The fourth-order valence-electron chi connectivity index (χ4n) is 2.01. The summed E-state index contributed by atoms with van der Waals surface area (Å²) in [7, 11) is 1.92. The maximum atomic E-state index is 9.37. The molecule has 0 saturated carbocycles. The van der Waals surface area contributed by atoms with E-state index in [9.17, 15) is 5.11 Å². The van der Waals surface area contributed by atoms with Gasteiger partial charge >= 0.3 is 0 Å². The minimum atomic E-state index is -0.173. The smallest absolute Gasteiger partial charge is 0.140 e. The first-order valence-electron chi connectivity index (χ1n) is 5.98. The predicted octanol–water partition coefficient (Wildman–Crippen LogP) is 2.57. The molecule has 0 spiro atoms. The van der Waals surface area contributed by atoms with Crippen LogP contribution in [0.25, 0.3) is 0 Å². The molecule has 4 nitrogen and oxygen atoms in total. The molecule has 1 heterocycles. The van der Waals surface area contributed by atoms with E-state index in [1.807, 2.05) is 18.0 Å². The molecule has 0 aliphatic heterocycles. The number of aliphatic hydroxyl groups is 1. The maximum Gasteiger partial charge on any atom is 0.140 e. The van der Waals surface area contributed by atoms with Crippen molar-refractivity contribution in [3.05, 3.63) is 52.4 Å². The van der Waals surface area contributed by atoms with Crippen LogP contribution in [0.2, 0.25) is 5.15 Å². The van der Waals surface area contributed by atoms with E-state index in [4.69, 9.17) is 11.6 Å². The van der Waals surface area contributed by atoms with Gasteiger partial charge in [-0.1, -0.05) is 41.4 Å². The molecule has 1 N–H and O–H groups in total. The van der Waals surface area contributed by atoms with E-state index in [2.05, 4.69) is 35.1 Å². The standard InChI is InChI=1S/C14H16ClN3O/c1-10-4-3-5-11(6-10)7-18(2)14-12(8-19)13(15)16-9-17-14/h3-6,9,19H,7-8H2,1-2H3. The van der Waals surface area contributed by atoms with Crippen molar-refractivity contribution in [1.82, 2.24) is 9.97 Å². The molecule has 1 aromatic heterocycles. The zero-order valence-corrected chi connectivity index (χ0v) is 11.7. The summed E-state index contributed by atoms with van der Waals surface area (Å²) in [6.45, 7) is 2.58. The van der Waals surface area contributed by atoms with Gasteiger partial charge in [-0.15, -0.1) is 0 Å². The number of rotatable bonds is 4. The zero-order valence-electron chi connectivity index (χ0n) is 11.0. The van der Waals surface area contributed by atoms with Crippen molar-refractivity contribution in [2.75, 3.05) is 11.9 Å². The van der Waals surface area contributed by atoms with Crippen LogP contribution in [-0.4, -0.2) is 22.1 Å². The summed E-state index contributed by atoms with van der Waals surface area (Å²) in [5, 5.41) is 9.66. The Morgan fingerprint density at radius 3 is 2.79 bits per heavy atom. The van der Waals surface area contributed by atoms with E-state index >= 15 is 0 Å². The maximum absolute atomic E-state index is 9.37. The Bertz CT molecular complexity index is 574. The molecule has 0 amide bonds. The lowest BCUT2D eigenvalue weighted by atomic mass is 10.1. The van der Waals surface area contributed by atoms with Gasteiger partial charge in [-0.05, 0) is 12.5 Å². The number of hydrogen-bond donors (Lipinski definition) is 1. The van der Waals surface area contributed by atoms with Crippen LogP contribution in [0.1, 0.15) is 16.7 Å². The summed E-state index contributed by atoms with van der Waals surface area (Å²) in [6, 6.07) is 8.27. The number of halogens is 1. The van der Waals surface area contributed by atoms with E-state index in [1.165, 1.54) is 17.5 Å². The minimum Gasteiger partial charge on any atom is -0.391 e. The molecular formula is C14H16ClN3O. The number of aryl methyl sites for hydroxylation is 1. The first-order chi connectivity index (χ1) is 9.11. The Morgan fingerprint density at radius 2 is 2.11 bits per heavy atom. The molecule has 0 fully saturated rings. The lowest BCUT2D eigenvalue weighted by molar-refractivity contribution is 0.281. The Labute approximate surface area is 117 Å². The van der Waals surface area contributed by atoms with E-state index in [-0.39, 0.29) is 6.61 Å². The molecule has 19 heavy (non-hydrogen) atoms. The van der Waals surface area contributed by atoms with Crippen LogP contribution in [-0.2, 0) is 13.2 Å². The number of aliphatic hydroxyl groups excluding tert-OH is 1. The van der Waals surface area contributed by atoms with Gasteiger partial charge in [-0.3, -0.25) is 0 Å². The number of aromatic nitrogens is 2. The Hall–Kier alpha value is -1.65. The summed E-state index contributed by atoms with van der Waals surface area (Å²) >= 11 is 5.96. The molecule has 0 saturated heterocycles. The number of hydrogen-bond acceptors (Lipinski definition) is 4. The first kappa shape index (κ1) is 13.8. The van der Waals surface area contributed by atoms with Gasteiger partial charge in [-0.2, -0.15) is 0 Å². The monoisotopic (exact) mass is 277 g/mol. The fourth-order valence-corrected chi connectivity index (χ4v) is 2.19. The van der Waals surface area contributed by atoms with E-state index in [0.717, 1.165) is 0 Å². The highest BCUT2D eigenvalue weighted by atomic mass is 35.5. The van der Waals surface area contributed by atoms with Gasteiger partial charge in [0.25, 0.3) is 0 Å². The average molecular weight is 278 g/mol. The van der Waals surface area contributed by atoms with Crippen molar-refractivity contribution in [3.63, 3.8) is 0 Å². The summed E-state index contributed by atoms with van der Waals surface area (Å²) in [5.74, 6) is 0.656. The third kappa shape index (κ3) is 3.22. The van der Waals surface area contributed by atoms with Gasteiger partial charge in [0, 0.05) is 13.6 Å². The molecule has 5 heteroatoms. The molecule has 2 aromatic rings. The van der Waals surface area contributed by atoms with Crippen molar-refractivity contribution >= 4 is 17.4 Å². The highest BCUT2D eigenvalue weighted by Gasteiger charge is 2.13. The summed E-state index contributed by atoms with van der Waals surface area (Å²) in [4.78, 5) is 10.0. The van der Waals surface area contributed by atoms with Crippen molar-refractivity contribution in [1.29, 1.82) is 0 Å². The van der Waals surface area contributed by atoms with Crippen molar-refractivity contribution in [2.45, 2.75) is 20.1 Å². The van der Waals surface area contributed by atoms with Crippen LogP contribution < -0.4 is 4.90 Å². The largest absolute Gasteiger partial charge is 0.391 e. The van der Waals surface area contributed by atoms with Crippen molar-refractivity contribution in [3.8, 4) is 0 Å². The van der Waals surface area contributed by atoms with E-state index in [0.29, 0.717) is 23.1 Å². The molecular weight excluding hydrogens is 262 g/mol. The molecule has 100 valence electrons. The topological polar surface area (TPSA) is 49.2 Å². The van der Waals surface area contributed by atoms with Crippen LogP contribution in [0.3, 0.4) is 0 Å². The molecule has 0 unspecified atom stereocenters. The highest BCUT2D eigenvalue weighted by Crippen LogP contribution is 2.23. The Balaban J connectivity index is 2.25. The molecule has 0 bridgehead atoms. The quantitative estimate of drug-likeness (QED) is 0.873. The van der Waals surface area contributed by atoms with Gasteiger partial charge in [-0.25, -0.2) is 9.97 Å². The minimum absolute atomic E-state index is 0.173. The van der Waals surface area contributed by atoms with Crippen LogP contribution in [0.5, 0.6) is 0 Å². The van der Waals surface area contributed by atoms with E-state index in [1.54, 1.807) is 0 Å². The fraction of sp³-hybridized carbons (Fsp3) is 0.286. The predicted molar refractivity (Wildman–Crippen MR) is 76.3 cm³/mol. The van der Waals surface area contributed by atoms with Gasteiger partial charge < -0.3 is 10.0 Å². The second-order valence-corrected chi connectivity index (χ2v) is 4.83. The van der Waals surface area contributed by atoms with Gasteiger partial charge in [0.15, 0.2) is 0 Å². The highest BCUT2D eigenvalue weighted by molar-refractivity contribution is 6.30. The van der Waals surface area contributed by atoms with Gasteiger partial charge in [0.2, 0.25) is 0 Å². The zero-order chi connectivity index (χ0) is 13.8. The third-order valence-corrected chi connectivity index (χ3v) is 3.22. The Kier molecular flexibility index (Phi) is 4.35. The second kappa shape index (κ2) is 5.99. The normalized spacial score (nSPS) is 10.5. The molecule has 0 aliphatic rings. The molecule has 0 atom stereocenters. The summed E-state index contributed by atoms with van der Waals surface area (Å²) in [5.41, 5.74) is 2.95. The van der Waals surface area contributed by atoms with Crippen molar-refractivity contribution < 1.29 is 5.11 Å². The summed E-state index contributed by atoms with van der Waals surface area (Å²) in [6.07, 6.45) is 1.41. The number of anilines is 1. The third-order valence-electron chi connectivity index (χ3n) is 2.89. The lowest BCUT2D eigenvalue weighted by Crippen LogP contribution is -2.20. The molecule has 2 rings (SSSR count). The average Bonchev–Trinajstić information content (AvgIpc) is 2.38. The van der Waals surface area contributed by atoms with Crippen molar-refractivity contribution in [2.24, 2.45) is 0 Å². The first-order valence-corrected chi connectivity index (χ1v) is 6.36. The molecule has 0 radical (unpaired) electrons. The SMILES string of the molecule is Cc1cccc(CN(C)c2ncnc(Cl)c2CO)c1. The van der Waals surface area contributed by atoms with Crippen LogP contribution in [0.4, 0.5) is 5.82 Å². The second-order valence-electron chi connectivity index (χ2n) is 4.47. The molecule has 1 aromatic carbocycles. The summed E-state index contributed by atoms with van der Waals surface area (Å²) < 4.78 is 0. The van der Waals surface area contributed by atoms with E-state index < -0.39 is 0 Å². The number of nitrogens with zero attached hydrogens (tertiary/aromatic N) is 3. The molecule has 0 aliphatic carbocycles. The van der Waals surface area contributed by atoms with Crippen LogP contribution >= 0.6 is 11.6 Å². The Morgan fingerprint density at radius 1 is 1.32 bits per heavy atom. The van der Waals surface area contributed by atoms with Gasteiger partial charge in [0.05, 0.1) is 12.2 Å². The van der Waals surface area contributed by atoms with Gasteiger partial charge in [0.1, 0.15) is 17.3 Å². The number of benzene rings is 1. The van der Waals surface area contributed by atoms with Crippen LogP contribution in [0.15, 0.2) is 30.6 Å². The van der Waals surface area contributed by atoms with Crippen LogP contribution in [0, 0.1) is 6.92 Å². The lowest BCUT2D eigenvalue weighted by Gasteiger charge is -2.21.